The highest BCUT2D eigenvalue weighted by Gasteiger charge is 2.06. The van der Waals surface area contributed by atoms with Crippen molar-refractivity contribution in [1.82, 2.24) is 19.6 Å². The molecular formula is C16H18N4O. The van der Waals surface area contributed by atoms with E-state index in [0.717, 1.165) is 25.0 Å². The zero-order valence-corrected chi connectivity index (χ0v) is 12.3. The summed E-state index contributed by atoms with van der Waals surface area (Å²) >= 11 is 0. The number of fused-ring (bicyclic) bond motifs is 1. The van der Waals surface area contributed by atoms with Crippen LogP contribution in [0.25, 0.3) is 5.78 Å². The molecule has 5 nitrogen and oxygen atoms in total. The third-order valence-corrected chi connectivity index (χ3v) is 3.60. The van der Waals surface area contributed by atoms with E-state index in [0.29, 0.717) is 11.6 Å². The molecule has 1 N–H and O–H groups in total. The molecule has 21 heavy (non-hydrogen) atoms. The molecule has 108 valence electrons. The Bertz CT molecular complexity index is 814. The molecule has 0 amide bonds. The van der Waals surface area contributed by atoms with Crippen molar-refractivity contribution in [2.75, 3.05) is 0 Å². The molecule has 0 saturated carbocycles. The number of aryl methyl sites for hydroxylation is 4. The lowest BCUT2D eigenvalue weighted by Gasteiger charge is -2.03. The third-order valence-electron chi connectivity index (χ3n) is 3.60. The van der Waals surface area contributed by atoms with Crippen LogP contribution in [0.15, 0.2) is 35.1 Å². The first-order chi connectivity index (χ1) is 10.2. The SMILES string of the molecule is CCc1ccc(CCc2cc(=O)n3[nH]c(C)nc3n2)cc1. The Kier molecular flexibility index (Phi) is 3.56. The molecule has 1 aromatic carbocycles. The summed E-state index contributed by atoms with van der Waals surface area (Å²) in [6, 6.07) is 10.2. The van der Waals surface area contributed by atoms with Gasteiger partial charge in [-0.05, 0) is 37.3 Å². The van der Waals surface area contributed by atoms with Gasteiger partial charge in [0.25, 0.3) is 11.3 Å². The van der Waals surface area contributed by atoms with E-state index in [1.807, 2.05) is 6.92 Å². The van der Waals surface area contributed by atoms with Gasteiger partial charge in [-0.3, -0.25) is 9.89 Å². The van der Waals surface area contributed by atoms with Crippen molar-refractivity contribution in [3.8, 4) is 0 Å². The van der Waals surface area contributed by atoms with Crippen molar-refractivity contribution in [2.24, 2.45) is 0 Å². The van der Waals surface area contributed by atoms with Crippen LogP contribution in [0.1, 0.15) is 29.6 Å². The molecule has 0 aliphatic heterocycles. The fourth-order valence-electron chi connectivity index (χ4n) is 2.38. The van der Waals surface area contributed by atoms with E-state index in [4.69, 9.17) is 0 Å². The summed E-state index contributed by atoms with van der Waals surface area (Å²) in [5.41, 5.74) is 3.26. The topological polar surface area (TPSA) is 63.0 Å². The lowest BCUT2D eigenvalue weighted by Crippen LogP contribution is -2.16. The minimum Gasteiger partial charge on any atom is -0.275 e. The maximum absolute atomic E-state index is 12.0. The standard InChI is InChI=1S/C16H18N4O/c1-3-12-4-6-13(7-5-12)8-9-14-10-15(21)20-16(18-14)17-11(2)19-20/h4-7,10H,3,8-9H2,1-2H3,(H,17,18,19). The van der Waals surface area contributed by atoms with Crippen molar-refractivity contribution >= 4 is 5.78 Å². The predicted octanol–water partition coefficient (Wildman–Crippen LogP) is 2.07. The van der Waals surface area contributed by atoms with Crippen LogP contribution >= 0.6 is 0 Å². The molecule has 0 fully saturated rings. The molecule has 0 bridgehead atoms. The van der Waals surface area contributed by atoms with Gasteiger partial charge in [-0.15, -0.1) is 0 Å². The van der Waals surface area contributed by atoms with Gasteiger partial charge in [0.15, 0.2) is 0 Å². The van der Waals surface area contributed by atoms with E-state index < -0.39 is 0 Å². The molecule has 0 saturated heterocycles. The van der Waals surface area contributed by atoms with E-state index in [2.05, 4.69) is 46.3 Å². The first-order valence-electron chi connectivity index (χ1n) is 7.19. The van der Waals surface area contributed by atoms with Gasteiger partial charge in [-0.1, -0.05) is 31.2 Å². The van der Waals surface area contributed by atoms with E-state index in [1.165, 1.54) is 15.6 Å². The van der Waals surface area contributed by atoms with E-state index in [1.54, 1.807) is 6.07 Å². The van der Waals surface area contributed by atoms with Crippen LogP contribution < -0.4 is 5.56 Å². The normalized spacial score (nSPS) is 11.1. The molecule has 0 radical (unpaired) electrons. The predicted molar refractivity (Wildman–Crippen MR) is 81.6 cm³/mol. The summed E-state index contributed by atoms with van der Waals surface area (Å²) in [7, 11) is 0. The van der Waals surface area contributed by atoms with Gasteiger partial charge in [0.2, 0.25) is 0 Å². The van der Waals surface area contributed by atoms with Gasteiger partial charge in [0.1, 0.15) is 5.82 Å². The molecule has 2 aromatic heterocycles. The van der Waals surface area contributed by atoms with Gasteiger partial charge in [0, 0.05) is 6.07 Å². The Balaban J connectivity index is 1.79. The number of benzene rings is 1. The Morgan fingerprint density at radius 3 is 2.52 bits per heavy atom. The fraction of sp³-hybridized carbons (Fsp3) is 0.312. The molecule has 3 rings (SSSR count). The molecule has 5 heteroatoms. The molecule has 3 aromatic rings. The smallest absolute Gasteiger partial charge is 0.274 e. The second kappa shape index (κ2) is 5.52. The molecule has 0 spiro atoms. The highest BCUT2D eigenvalue weighted by Crippen LogP contribution is 2.08. The van der Waals surface area contributed by atoms with Crippen LogP contribution in [0.5, 0.6) is 0 Å². The van der Waals surface area contributed by atoms with Crippen molar-refractivity contribution in [2.45, 2.75) is 33.1 Å². The third kappa shape index (κ3) is 2.86. The largest absolute Gasteiger partial charge is 0.275 e. The Morgan fingerprint density at radius 2 is 1.81 bits per heavy atom. The maximum Gasteiger partial charge on any atom is 0.274 e. The highest BCUT2D eigenvalue weighted by atomic mass is 16.1. The summed E-state index contributed by atoms with van der Waals surface area (Å²) in [5.74, 6) is 1.13. The van der Waals surface area contributed by atoms with Gasteiger partial charge in [0.05, 0.1) is 5.69 Å². The molecule has 0 aliphatic rings. The zero-order chi connectivity index (χ0) is 14.8. The average molecular weight is 282 g/mol. The lowest BCUT2D eigenvalue weighted by molar-refractivity contribution is 0.843. The summed E-state index contributed by atoms with van der Waals surface area (Å²) < 4.78 is 1.37. The molecule has 0 unspecified atom stereocenters. The number of rotatable bonds is 4. The van der Waals surface area contributed by atoms with Crippen molar-refractivity contribution in [3.63, 3.8) is 0 Å². The number of aromatic amines is 1. The van der Waals surface area contributed by atoms with Gasteiger partial charge >= 0.3 is 0 Å². The Hall–Kier alpha value is -2.43. The van der Waals surface area contributed by atoms with Crippen molar-refractivity contribution in [1.29, 1.82) is 0 Å². The fourth-order valence-corrected chi connectivity index (χ4v) is 2.38. The summed E-state index contributed by atoms with van der Waals surface area (Å²) in [5, 5.41) is 2.87. The minimum atomic E-state index is -0.114. The second-order valence-corrected chi connectivity index (χ2v) is 5.20. The summed E-state index contributed by atoms with van der Waals surface area (Å²) in [6.45, 7) is 3.95. The van der Waals surface area contributed by atoms with Crippen molar-refractivity contribution < 1.29 is 0 Å². The molecule has 0 atom stereocenters. The summed E-state index contributed by atoms with van der Waals surface area (Å²) in [4.78, 5) is 20.6. The lowest BCUT2D eigenvalue weighted by atomic mass is 10.1. The van der Waals surface area contributed by atoms with E-state index >= 15 is 0 Å². The average Bonchev–Trinajstić information content (AvgIpc) is 2.87. The number of hydrogen-bond donors (Lipinski definition) is 1. The van der Waals surface area contributed by atoms with Gasteiger partial charge in [-0.25, -0.2) is 4.98 Å². The number of nitrogens with one attached hydrogen (secondary N) is 1. The Morgan fingerprint density at radius 1 is 1.10 bits per heavy atom. The number of H-pyrrole nitrogens is 1. The van der Waals surface area contributed by atoms with Crippen LogP contribution in [0, 0.1) is 6.92 Å². The van der Waals surface area contributed by atoms with Gasteiger partial charge < -0.3 is 0 Å². The number of nitrogens with zero attached hydrogens (tertiary/aromatic N) is 3. The highest BCUT2D eigenvalue weighted by molar-refractivity contribution is 5.28. The zero-order valence-electron chi connectivity index (χ0n) is 12.3. The van der Waals surface area contributed by atoms with Crippen LogP contribution in [0.4, 0.5) is 0 Å². The van der Waals surface area contributed by atoms with Gasteiger partial charge in [-0.2, -0.15) is 9.50 Å². The molecule has 0 aliphatic carbocycles. The number of aromatic nitrogens is 4. The molecule has 2 heterocycles. The first-order valence-corrected chi connectivity index (χ1v) is 7.19. The second-order valence-electron chi connectivity index (χ2n) is 5.20. The quantitative estimate of drug-likeness (QED) is 0.797. The minimum absolute atomic E-state index is 0.114. The van der Waals surface area contributed by atoms with Crippen molar-refractivity contribution in [3.05, 3.63) is 63.3 Å². The van der Waals surface area contributed by atoms with Crippen LogP contribution in [0.3, 0.4) is 0 Å². The summed E-state index contributed by atoms with van der Waals surface area (Å²) in [6.07, 6.45) is 2.66. The van der Waals surface area contributed by atoms with Crippen LogP contribution in [-0.2, 0) is 19.3 Å². The first kappa shape index (κ1) is 13.5. The van der Waals surface area contributed by atoms with Crippen LogP contribution in [-0.4, -0.2) is 19.6 Å². The Labute approximate surface area is 122 Å². The number of hydrogen-bond acceptors (Lipinski definition) is 3. The van der Waals surface area contributed by atoms with E-state index in [9.17, 15) is 4.79 Å². The van der Waals surface area contributed by atoms with Crippen LogP contribution in [0.2, 0.25) is 0 Å². The maximum atomic E-state index is 12.0. The monoisotopic (exact) mass is 282 g/mol. The van der Waals surface area contributed by atoms with E-state index in [-0.39, 0.29) is 5.56 Å². The molecular weight excluding hydrogens is 264 g/mol.